The maximum absolute atomic E-state index is 12.0. The van der Waals surface area contributed by atoms with Crippen molar-refractivity contribution >= 4 is 45.5 Å². The molecule has 0 unspecified atom stereocenters. The molecule has 0 amide bonds. The average Bonchev–Trinajstić information content (AvgIpc) is 3.04. The molecule has 20 heavy (non-hydrogen) atoms. The van der Waals surface area contributed by atoms with E-state index in [1.807, 2.05) is 0 Å². The van der Waals surface area contributed by atoms with Gasteiger partial charge in [0.2, 0.25) is 5.43 Å². The summed E-state index contributed by atoms with van der Waals surface area (Å²) in [6, 6.07) is 13.4. The van der Waals surface area contributed by atoms with Crippen molar-refractivity contribution in [1.82, 2.24) is 0 Å². The Morgan fingerprint density at radius 2 is 1.00 bits per heavy atom. The highest BCUT2D eigenvalue weighted by atomic mass is 35.5. The standard InChI is InChI=1S/C15H8Cl2O3/c16-13-7-11-5-3-9(19-11)1-2-10-4-6-12(20-10)8-14(17)15(13)18/h1-8H. The van der Waals surface area contributed by atoms with E-state index >= 15 is 0 Å². The lowest BCUT2D eigenvalue weighted by Gasteiger charge is -1.84. The quantitative estimate of drug-likeness (QED) is 0.589. The van der Waals surface area contributed by atoms with Gasteiger partial charge in [-0.25, -0.2) is 0 Å². The van der Waals surface area contributed by atoms with E-state index < -0.39 is 5.43 Å². The summed E-state index contributed by atoms with van der Waals surface area (Å²) in [4.78, 5) is 12.0. The van der Waals surface area contributed by atoms with Gasteiger partial charge in [-0.15, -0.1) is 0 Å². The van der Waals surface area contributed by atoms with Gasteiger partial charge in [0.25, 0.3) is 0 Å². The van der Waals surface area contributed by atoms with Crippen LogP contribution in [-0.2, 0) is 0 Å². The van der Waals surface area contributed by atoms with Crippen molar-refractivity contribution in [2.75, 3.05) is 0 Å². The van der Waals surface area contributed by atoms with Crippen molar-refractivity contribution in [1.29, 1.82) is 0 Å². The Bertz CT molecular complexity index is 835. The Morgan fingerprint density at radius 1 is 0.650 bits per heavy atom. The second kappa shape index (κ2) is 5.19. The van der Waals surface area contributed by atoms with E-state index in [1.54, 1.807) is 36.4 Å². The van der Waals surface area contributed by atoms with Crippen LogP contribution in [0.15, 0.2) is 62.2 Å². The molecule has 0 aromatic carbocycles. The molecule has 4 bridgehead atoms. The summed E-state index contributed by atoms with van der Waals surface area (Å²) >= 11 is 11.9. The lowest BCUT2D eigenvalue weighted by Crippen LogP contribution is -1.97. The van der Waals surface area contributed by atoms with Gasteiger partial charge in [0, 0.05) is 12.1 Å². The number of halogens is 2. The van der Waals surface area contributed by atoms with Crippen LogP contribution >= 0.6 is 23.2 Å². The molecule has 0 aliphatic rings. The molecule has 3 nitrogen and oxygen atoms in total. The summed E-state index contributed by atoms with van der Waals surface area (Å²) in [6.45, 7) is 0. The van der Waals surface area contributed by atoms with Gasteiger partial charge < -0.3 is 8.83 Å². The SMILES string of the molecule is O=c1c(Cl)cc2ccc(ccc3ccc(cc1Cl)o3)o2. The van der Waals surface area contributed by atoms with Gasteiger partial charge in [0.05, 0.1) is 10.0 Å². The molecule has 0 saturated heterocycles. The molecular weight excluding hydrogens is 299 g/mol. The van der Waals surface area contributed by atoms with Crippen molar-refractivity contribution in [3.05, 3.63) is 68.8 Å². The molecule has 3 aromatic heterocycles. The highest BCUT2D eigenvalue weighted by molar-refractivity contribution is 6.34. The largest absolute Gasteiger partial charge is 0.457 e. The fourth-order valence-corrected chi connectivity index (χ4v) is 2.20. The topological polar surface area (TPSA) is 43.4 Å². The summed E-state index contributed by atoms with van der Waals surface area (Å²) in [6.07, 6.45) is 0. The molecule has 5 heteroatoms. The van der Waals surface area contributed by atoms with Crippen LogP contribution in [0, 0.1) is 0 Å². The van der Waals surface area contributed by atoms with Crippen molar-refractivity contribution < 1.29 is 8.83 Å². The van der Waals surface area contributed by atoms with Crippen LogP contribution in [0.2, 0.25) is 10.0 Å². The van der Waals surface area contributed by atoms with Crippen LogP contribution in [0.1, 0.15) is 0 Å². The molecule has 100 valence electrons. The lowest BCUT2D eigenvalue weighted by molar-refractivity contribution is 0.661. The minimum absolute atomic E-state index is 0.0258. The van der Waals surface area contributed by atoms with E-state index in [0.717, 1.165) is 0 Å². The Labute approximate surface area is 123 Å². The highest BCUT2D eigenvalue weighted by Crippen LogP contribution is 2.16. The molecule has 0 aliphatic heterocycles. The van der Waals surface area contributed by atoms with Crippen LogP contribution in [0.4, 0.5) is 0 Å². The summed E-state index contributed by atoms with van der Waals surface area (Å²) in [5, 5.41) is -0.0516. The summed E-state index contributed by atoms with van der Waals surface area (Å²) < 4.78 is 11.0. The average molecular weight is 307 g/mol. The summed E-state index contributed by atoms with van der Waals surface area (Å²) in [5.41, 5.74) is 1.72. The molecule has 0 fully saturated rings. The number of fused-ring (bicyclic) bond motifs is 4. The van der Waals surface area contributed by atoms with Crippen LogP contribution < -0.4 is 5.43 Å². The first-order valence-corrected chi connectivity index (χ1v) is 6.54. The number of hydrogen-bond donors (Lipinski definition) is 0. The summed E-state index contributed by atoms with van der Waals surface area (Å²) in [5.74, 6) is 0. The Hall–Kier alpha value is -1.97. The zero-order chi connectivity index (χ0) is 14.1. The first-order chi connectivity index (χ1) is 9.61. The zero-order valence-electron chi connectivity index (χ0n) is 10.1. The normalized spacial score (nSPS) is 10.7. The second-order valence-corrected chi connectivity index (χ2v) is 4.94. The third kappa shape index (κ3) is 2.64. The maximum Gasteiger partial charge on any atom is 0.215 e. The molecule has 0 saturated carbocycles. The Kier molecular flexibility index (Phi) is 3.38. The molecule has 0 aliphatic carbocycles. The predicted molar refractivity (Wildman–Crippen MR) is 79.9 cm³/mol. The smallest absolute Gasteiger partial charge is 0.215 e. The minimum atomic E-state index is -0.489. The van der Waals surface area contributed by atoms with E-state index in [2.05, 4.69) is 0 Å². The zero-order valence-corrected chi connectivity index (χ0v) is 11.6. The minimum Gasteiger partial charge on any atom is -0.457 e. The van der Waals surface area contributed by atoms with Gasteiger partial charge in [0.15, 0.2) is 0 Å². The summed E-state index contributed by atoms with van der Waals surface area (Å²) in [7, 11) is 0. The lowest BCUT2D eigenvalue weighted by atomic mass is 10.4. The number of furan rings is 2. The highest BCUT2D eigenvalue weighted by Gasteiger charge is 2.00. The molecular formula is C15H8Cl2O3. The van der Waals surface area contributed by atoms with E-state index in [1.165, 1.54) is 12.1 Å². The first-order valence-electron chi connectivity index (χ1n) is 5.79. The van der Waals surface area contributed by atoms with E-state index in [-0.39, 0.29) is 10.0 Å². The predicted octanol–water partition coefficient (Wildman–Crippen LogP) is 4.97. The van der Waals surface area contributed by atoms with Crippen LogP contribution in [-0.4, -0.2) is 0 Å². The van der Waals surface area contributed by atoms with Gasteiger partial charge >= 0.3 is 0 Å². The molecule has 3 rings (SSSR count). The molecule has 0 spiro atoms. The Morgan fingerprint density at radius 3 is 1.40 bits per heavy atom. The Balaban J connectivity index is 2.48. The van der Waals surface area contributed by atoms with Gasteiger partial charge in [-0.05, 0) is 36.4 Å². The number of rotatable bonds is 0. The van der Waals surface area contributed by atoms with Gasteiger partial charge in [-0.2, -0.15) is 0 Å². The van der Waals surface area contributed by atoms with E-state index in [0.29, 0.717) is 22.3 Å². The van der Waals surface area contributed by atoms with Crippen molar-refractivity contribution in [3.8, 4) is 0 Å². The van der Waals surface area contributed by atoms with Crippen LogP contribution in [0.5, 0.6) is 0 Å². The van der Waals surface area contributed by atoms with E-state index in [9.17, 15) is 4.79 Å². The fourth-order valence-electron chi connectivity index (χ4n) is 1.73. The van der Waals surface area contributed by atoms with Crippen molar-refractivity contribution in [2.24, 2.45) is 0 Å². The van der Waals surface area contributed by atoms with Crippen LogP contribution in [0.25, 0.3) is 22.3 Å². The number of hydrogen-bond acceptors (Lipinski definition) is 3. The molecule has 3 heterocycles. The third-order valence-electron chi connectivity index (χ3n) is 2.68. The fraction of sp³-hybridized carbons (Fsp3) is 0. The molecule has 0 N–H and O–H groups in total. The van der Waals surface area contributed by atoms with Crippen molar-refractivity contribution in [3.63, 3.8) is 0 Å². The second-order valence-electron chi connectivity index (χ2n) is 4.13. The molecule has 0 radical (unpaired) electrons. The molecule has 0 atom stereocenters. The van der Waals surface area contributed by atoms with Crippen LogP contribution in [0.3, 0.4) is 0 Å². The van der Waals surface area contributed by atoms with E-state index in [4.69, 9.17) is 32.0 Å². The van der Waals surface area contributed by atoms with Gasteiger partial charge in [0.1, 0.15) is 22.3 Å². The first kappa shape index (κ1) is 13.0. The monoisotopic (exact) mass is 306 g/mol. The third-order valence-corrected chi connectivity index (χ3v) is 3.24. The van der Waals surface area contributed by atoms with Crippen molar-refractivity contribution in [2.45, 2.75) is 0 Å². The molecule has 3 aromatic rings. The van der Waals surface area contributed by atoms with Gasteiger partial charge in [-0.1, -0.05) is 23.2 Å². The maximum atomic E-state index is 12.0. The van der Waals surface area contributed by atoms with Gasteiger partial charge in [-0.3, -0.25) is 4.79 Å².